The van der Waals surface area contributed by atoms with Crippen LogP contribution in [0.5, 0.6) is 0 Å². The van der Waals surface area contributed by atoms with Gasteiger partial charge in [-0.1, -0.05) is 36.9 Å². The van der Waals surface area contributed by atoms with Crippen molar-refractivity contribution in [1.29, 1.82) is 0 Å². The zero-order chi connectivity index (χ0) is 13.5. The minimum atomic E-state index is -0.0295. The highest BCUT2D eigenvalue weighted by atomic mass is 35.5. The van der Waals surface area contributed by atoms with Gasteiger partial charge in [0.1, 0.15) is 0 Å². The molecule has 0 bridgehead atoms. The number of rotatable bonds is 0. The monoisotopic (exact) mass is 278 g/mol. The van der Waals surface area contributed by atoms with Crippen molar-refractivity contribution < 1.29 is 4.79 Å². The van der Waals surface area contributed by atoms with Crippen LogP contribution in [0.2, 0.25) is 5.02 Å². The zero-order valence-corrected chi connectivity index (χ0v) is 12.0. The normalized spacial score (nSPS) is 21.8. The van der Waals surface area contributed by atoms with E-state index in [1.807, 2.05) is 18.2 Å². The van der Waals surface area contributed by atoms with Crippen molar-refractivity contribution in [3.8, 4) is 0 Å². The third-order valence-electron chi connectivity index (χ3n) is 4.60. The van der Waals surface area contributed by atoms with Crippen molar-refractivity contribution >= 4 is 28.9 Å². The summed E-state index contributed by atoms with van der Waals surface area (Å²) in [5.41, 5.74) is 1.78. The summed E-state index contributed by atoms with van der Waals surface area (Å²) in [7, 11) is 2.10. The van der Waals surface area contributed by atoms with Crippen molar-refractivity contribution in [2.75, 3.05) is 17.3 Å². The summed E-state index contributed by atoms with van der Waals surface area (Å²) in [5, 5.41) is 3.60. The third kappa shape index (κ3) is 2.10. The molecule has 1 aromatic carbocycles. The van der Waals surface area contributed by atoms with Crippen LogP contribution >= 0.6 is 11.6 Å². The standard InChI is InChI=1S/C15H19ClN2O/c1-18-12-7-5-6-11(16)14(12)17-13(19)10-15(18)8-3-2-4-9-15/h5-7H,2-4,8-10H2,1H3,(H,17,19). The summed E-state index contributed by atoms with van der Waals surface area (Å²) in [5.74, 6) is 0.0839. The van der Waals surface area contributed by atoms with E-state index in [-0.39, 0.29) is 11.4 Å². The van der Waals surface area contributed by atoms with E-state index in [2.05, 4.69) is 17.3 Å². The highest BCUT2D eigenvalue weighted by Gasteiger charge is 2.41. The number of anilines is 2. The fraction of sp³-hybridized carbons (Fsp3) is 0.533. The van der Waals surface area contributed by atoms with Crippen LogP contribution in [0.25, 0.3) is 0 Å². The molecule has 1 aliphatic heterocycles. The Morgan fingerprint density at radius 2 is 2.00 bits per heavy atom. The number of fused-ring (bicyclic) bond motifs is 1. The molecule has 3 rings (SSSR count). The lowest BCUT2D eigenvalue weighted by Crippen LogP contribution is -2.49. The molecule has 102 valence electrons. The topological polar surface area (TPSA) is 32.3 Å². The summed E-state index contributed by atoms with van der Waals surface area (Å²) in [6, 6.07) is 5.82. The highest BCUT2D eigenvalue weighted by Crippen LogP contribution is 2.44. The summed E-state index contributed by atoms with van der Waals surface area (Å²) >= 11 is 6.23. The number of benzene rings is 1. The van der Waals surface area contributed by atoms with Gasteiger partial charge >= 0.3 is 0 Å². The molecule has 1 heterocycles. The van der Waals surface area contributed by atoms with Crippen molar-refractivity contribution in [2.45, 2.75) is 44.1 Å². The Hall–Kier alpha value is -1.22. The van der Waals surface area contributed by atoms with Crippen LogP contribution < -0.4 is 10.2 Å². The molecule has 1 aromatic rings. The van der Waals surface area contributed by atoms with Crippen molar-refractivity contribution in [3.63, 3.8) is 0 Å². The maximum Gasteiger partial charge on any atom is 0.226 e. The molecule has 19 heavy (non-hydrogen) atoms. The van der Waals surface area contributed by atoms with Gasteiger partial charge in [0.15, 0.2) is 0 Å². The van der Waals surface area contributed by atoms with E-state index in [9.17, 15) is 4.79 Å². The van der Waals surface area contributed by atoms with Crippen LogP contribution in [0.15, 0.2) is 18.2 Å². The van der Waals surface area contributed by atoms with Gasteiger partial charge in [-0.05, 0) is 25.0 Å². The molecule has 1 saturated carbocycles. The summed E-state index contributed by atoms with van der Waals surface area (Å²) in [6.07, 6.45) is 6.42. The second-order valence-corrected chi connectivity index (χ2v) is 6.11. The number of carbonyl (C=O) groups is 1. The number of hydrogen-bond acceptors (Lipinski definition) is 2. The molecule has 0 unspecified atom stereocenters. The first kappa shape index (κ1) is 12.8. The predicted octanol–water partition coefficient (Wildman–Crippen LogP) is 3.82. The Morgan fingerprint density at radius 3 is 2.74 bits per heavy atom. The van der Waals surface area contributed by atoms with E-state index >= 15 is 0 Å². The SMILES string of the molecule is CN1c2cccc(Cl)c2NC(=O)CC12CCCCC2. The molecule has 1 aliphatic carbocycles. The maximum atomic E-state index is 12.2. The Bertz CT molecular complexity index is 509. The van der Waals surface area contributed by atoms with Gasteiger partial charge in [-0.15, -0.1) is 0 Å². The molecule has 1 fully saturated rings. The number of para-hydroxylation sites is 1. The van der Waals surface area contributed by atoms with Crippen molar-refractivity contribution in [3.05, 3.63) is 23.2 Å². The molecule has 0 aromatic heterocycles. The molecule has 0 radical (unpaired) electrons. The third-order valence-corrected chi connectivity index (χ3v) is 4.92. The molecular formula is C15H19ClN2O. The summed E-state index contributed by atoms with van der Waals surface area (Å²) in [4.78, 5) is 14.5. The molecule has 3 nitrogen and oxygen atoms in total. The number of amides is 1. The first-order chi connectivity index (χ1) is 9.12. The van der Waals surface area contributed by atoms with E-state index in [0.29, 0.717) is 11.4 Å². The second kappa shape index (κ2) is 4.71. The molecule has 4 heteroatoms. The lowest BCUT2D eigenvalue weighted by molar-refractivity contribution is -0.117. The van der Waals surface area contributed by atoms with Gasteiger partial charge in [0, 0.05) is 12.6 Å². The lowest BCUT2D eigenvalue weighted by Gasteiger charge is -2.44. The Labute approximate surface area is 118 Å². The van der Waals surface area contributed by atoms with Crippen LogP contribution in [0.4, 0.5) is 11.4 Å². The van der Waals surface area contributed by atoms with E-state index in [1.54, 1.807) is 0 Å². The Kier molecular flexibility index (Phi) is 3.17. The van der Waals surface area contributed by atoms with Crippen LogP contribution in [-0.4, -0.2) is 18.5 Å². The van der Waals surface area contributed by atoms with E-state index in [4.69, 9.17) is 11.6 Å². The second-order valence-electron chi connectivity index (χ2n) is 5.70. The van der Waals surface area contributed by atoms with Crippen LogP contribution in [0, 0.1) is 0 Å². The number of halogens is 1. The van der Waals surface area contributed by atoms with E-state index < -0.39 is 0 Å². The minimum absolute atomic E-state index is 0.0295. The average molecular weight is 279 g/mol. The first-order valence-electron chi connectivity index (χ1n) is 6.95. The number of hydrogen-bond donors (Lipinski definition) is 1. The molecule has 2 aliphatic rings. The summed E-state index contributed by atoms with van der Waals surface area (Å²) < 4.78 is 0. The van der Waals surface area contributed by atoms with Crippen LogP contribution in [0.3, 0.4) is 0 Å². The molecule has 0 atom stereocenters. The number of carbonyl (C=O) groups excluding carboxylic acids is 1. The minimum Gasteiger partial charge on any atom is -0.367 e. The van der Waals surface area contributed by atoms with Crippen molar-refractivity contribution in [1.82, 2.24) is 0 Å². The molecule has 1 N–H and O–H groups in total. The van der Waals surface area contributed by atoms with Gasteiger partial charge in [0.2, 0.25) is 5.91 Å². The smallest absolute Gasteiger partial charge is 0.226 e. The van der Waals surface area contributed by atoms with Gasteiger partial charge in [-0.2, -0.15) is 0 Å². The largest absolute Gasteiger partial charge is 0.367 e. The van der Waals surface area contributed by atoms with Gasteiger partial charge < -0.3 is 10.2 Å². The molecule has 0 saturated heterocycles. The Balaban J connectivity index is 2.09. The molecule has 1 spiro atoms. The quantitative estimate of drug-likeness (QED) is 0.782. The van der Waals surface area contributed by atoms with E-state index in [0.717, 1.165) is 24.2 Å². The van der Waals surface area contributed by atoms with Gasteiger partial charge in [-0.25, -0.2) is 0 Å². The van der Waals surface area contributed by atoms with Gasteiger partial charge in [-0.3, -0.25) is 4.79 Å². The predicted molar refractivity (Wildman–Crippen MR) is 78.9 cm³/mol. The number of nitrogens with zero attached hydrogens (tertiary/aromatic N) is 1. The fourth-order valence-corrected chi connectivity index (χ4v) is 3.71. The van der Waals surface area contributed by atoms with Crippen LogP contribution in [0.1, 0.15) is 38.5 Å². The number of nitrogens with one attached hydrogen (secondary N) is 1. The molecular weight excluding hydrogens is 260 g/mol. The van der Waals surface area contributed by atoms with Gasteiger partial charge in [0.05, 0.1) is 22.8 Å². The van der Waals surface area contributed by atoms with Crippen molar-refractivity contribution in [2.24, 2.45) is 0 Å². The zero-order valence-electron chi connectivity index (χ0n) is 11.2. The maximum absolute atomic E-state index is 12.2. The first-order valence-corrected chi connectivity index (χ1v) is 7.32. The fourth-order valence-electron chi connectivity index (χ4n) is 3.49. The summed E-state index contributed by atoms with van der Waals surface area (Å²) in [6.45, 7) is 0. The highest BCUT2D eigenvalue weighted by molar-refractivity contribution is 6.34. The average Bonchev–Trinajstić information content (AvgIpc) is 2.50. The lowest BCUT2D eigenvalue weighted by atomic mass is 9.78. The van der Waals surface area contributed by atoms with Crippen LogP contribution in [-0.2, 0) is 4.79 Å². The van der Waals surface area contributed by atoms with E-state index in [1.165, 1.54) is 19.3 Å². The Morgan fingerprint density at radius 1 is 1.26 bits per heavy atom. The van der Waals surface area contributed by atoms with Gasteiger partial charge in [0.25, 0.3) is 0 Å². The molecule has 1 amide bonds.